The van der Waals surface area contributed by atoms with Gasteiger partial charge in [0, 0.05) is 37.4 Å². The van der Waals surface area contributed by atoms with Crippen LogP contribution in [-0.4, -0.2) is 71.3 Å². The first kappa shape index (κ1) is 18.7. The number of likely N-dealkylation sites (tertiary alicyclic amines) is 1. The fourth-order valence-corrected chi connectivity index (χ4v) is 4.12. The molecule has 8 heteroatoms. The Morgan fingerprint density at radius 1 is 1.21 bits per heavy atom. The van der Waals surface area contributed by atoms with E-state index in [4.69, 9.17) is 9.47 Å². The molecule has 1 atom stereocenters. The number of carbonyl (C=O) groups excluding carboxylic acids is 2. The maximum absolute atomic E-state index is 13.3. The lowest BCUT2D eigenvalue weighted by Gasteiger charge is -2.44. The van der Waals surface area contributed by atoms with Crippen LogP contribution in [0.15, 0.2) is 24.3 Å². The standard InChI is InChI=1S/C20H24N2O6/c1-27-15-4-2-3-14(11-15)18(24)22-16(19(25)26)12-28-20(22)7-9-21(10-8-20)17(23)13-5-6-13/h2-4,11,13,16H,5-10,12H2,1H3,(H,25,26)/t16-/m1/s1. The highest BCUT2D eigenvalue weighted by atomic mass is 16.5. The molecule has 8 nitrogen and oxygen atoms in total. The Labute approximate surface area is 163 Å². The van der Waals surface area contributed by atoms with E-state index in [1.165, 1.54) is 12.0 Å². The van der Waals surface area contributed by atoms with Gasteiger partial charge < -0.3 is 19.5 Å². The van der Waals surface area contributed by atoms with Gasteiger partial charge in [-0.3, -0.25) is 14.5 Å². The van der Waals surface area contributed by atoms with Crippen LogP contribution >= 0.6 is 0 Å². The van der Waals surface area contributed by atoms with E-state index in [2.05, 4.69) is 0 Å². The lowest BCUT2D eigenvalue weighted by Crippen LogP contribution is -2.58. The van der Waals surface area contributed by atoms with Crippen LogP contribution in [0.4, 0.5) is 0 Å². The van der Waals surface area contributed by atoms with Gasteiger partial charge in [-0.15, -0.1) is 0 Å². The zero-order valence-electron chi connectivity index (χ0n) is 15.8. The molecule has 28 heavy (non-hydrogen) atoms. The third-order valence-corrected chi connectivity index (χ3v) is 5.86. The van der Waals surface area contributed by atoms with Crippen molar-refractivity contribution >= 4 is 17.8 Å². The summed E-state index contributed by atoms with van der Waals surface area (Å²) in [4.78, 5) is 40.6. The Hall–Kier alpha value is -2.61. The molecule has 3 aliphatic rings. The van der Waals surface area contributed by atoms with E-state index in [0.717, 1.165) is 12.8 Å². The average Bonchev–Trinajstić information content (AvgIpc) is 3.50. The topological polar surface area (TPSA) is 96.4 Å². The molecule has 0 radical (unpaired) electrons. The van der Waals surface area contributed by atoms with E-state index < -0.39 is 23.6 Å². The molecule has 0 unspecified atom stereocenters. The SMILES string of the molecule is COc1cccc(C(=O)N2[C@@H](C(=O)O)COC23CCN(C(=O)C2CC2)CC3)c1. The van der Waals surface area contributed by atoms with E-state index in [1.807, 2.05) is 4.90 Å². The number of nitrogens with zero attached hydrogens (tertiary/aromatic N) is 2. The van der Waals surface area contributed by atoms with Crippen molar-refractivity contribution in [3.8, 4) is 5.75 Å². The maximum Gasteiger partial charge on any atom is 0.328 e. The third kappa shape index (κ3) is 3.22. The van der Waals surface area contributed by atoms with Crippen LogP contribution in [0.25, 0.3) is 0 Å². The molecule has 150 valence electrons. The van der Waals surface area contributed by atoms with Crippen molar-refractivity contribution in [2.24, 2.45) is 5.92 Å². The lowest BCUT2D eigenvalue weighted by atomic mass is 9.96. The number of carbonyl (C=O) groups is 3. The molecular formula is C20H24N2O6. The number of hydrogen-bond acceptors (Lipinski definition) is 5. The number of hydrogen-bond donors (Lipinski definition) is 1. The highest BCUT2D eigenvalue weighted by Crippen LogP contribution is 2.40. The predicted molar refractivity (Wildman–Crippen MR) is 97.8 cm³/mol. The fraction of sp³-hybridized carbons (Fsp3) is 0.550. The minimum Gasteiger partial charge on any atom is -0.497 e. The van der Waals surface area contributed by atoms with Crippen molar-refractivity contribution in [2.75, 3.05) is 26.8 Å². The average molecular weight is 388 g/mol. The summed E-state index contributed by atoms with van der Waals surface area (Å²) in [6, 6.07) is 5.61. The van der Waals surface area contributed by atoms with E-state index in [9.17, 15) is 19.5 Å². The Morgan fingerprint density at radius 3 is 2.54 bits per heavy atom. The van der Waals surface area contributed by atoms with Crippen LogP contribution in [-0.2, 0) is 14.3 Å². The van der Waals surface area contributed by atoms with Crippen LogP contribution in [0.2, 0.25) is 0 Å². The zero-order valence-corrected chi connectivity index (χ0v) is 15.8. The number of piperidine rings is 1. The second kappa shape index (κ2) is 7.09. The van der Waals surface area contributed by atoms with Crippen molar-refractivity contribution in [2.45, 2.75) is 37.5 Å². The normalized spacial score (nSPS) is 23.7. The zero-order chi connectivity index (χ0) is 19.9. The van der Waals surface area contributed by atoms with Crippen LogP contribution in [0, 0.1) is 5.92 Å². The second-order valence-electron chi connectivity index (χ2n) is 7.62. The Balaban J connectivity index is 1.58. The first-order valence-electron chi connectivity index (χ1n) is 9.58. The highest BCUT2D eigenvalue weighted by Gasteiger charge is 2.54. The van der Waals surface area contributed by atoms with Crippen LogP contribution in [0.1, 0.15) is 36.0 Å². The van der Waals surface area contributed by atoms with Crippen molar-refractivity contribution in [3.63, 3.8) is 0 Å². The van der Waals surface area contributed by atoms with Crippen molar-refractivity contribution < 1.29 is 29.0 Å². The van der Waals surface area contributed by atoms with E-state index in [1.54, 1.807) is 24.3 Å². The molecule has 2 amide bonds. The number of rotatable bonds is 4. The number of amides is 2. The predicted octanol–water partition coefficient (Wildman–Crippen LogP) is 1.35. The molecular weight excluding hydrogens is 364 g/mol. The van der Waals surface area contributed by atoms with Gasteiger partial charge in [0.15, 0.2) is 6.04 Å². The molecule has 0 bridgehead atoms. The van der Waals surface area contributed by atoms with Crippen molar-refractivity contribution in [1.29, 1.82) is 0 Å². The largest absolute Gasteiger partial charge is 0.497 e. The van der Waals surface area contributed by atoms with E-state index in [0.29, 0.717) is 37.2 Å². The molecule has 1 N–H and O–H groups in total. The molecule has 1 aromatic carbocycles. The highest BCUT2D eigenvalue weighted by molar-refractivity contribution is 5.97. The number of methoxy groups -OCH3 is 1. The first-order chi connectivity index (χ1) is 13.4. The lowest BCUT2D eigenvalue weighted by molar-refractivity contribution is -0.148. The monoisotopic (exact) mass is 388 g/mol. The molecule has 1 aromatic rings. The molecule has 1 saturated carbocycles. The van der Waals surface area contributed by atoms with Gasteiger partial charge in [0.25, 0.3) is 5.91 Å². The molecule has 1 aliphatic carbocycles. The van der Waals surface area contributed by atoms with Gasteiger partial charge in [-0.05, 0) is 31.0 Å². The summed E-state index contributed by atoms with van der Waals surface area (Å²) in [5, 5.41) is 9.65. The van der Waals surface area contributed by atoms with Crippen molar-refractivity contribution in [1.82, 2.24) is 9.80 Å². The van der Waals surface area contributed by atoms with Gasteiger partial charge in [-0.2, -0.15) is 0 Å². The minimum absolute atomic E-state index is 0.0540. The number of benzene rings is 1. The summed E-state index contributed by atoms with van der Waals surface area (Å²) in [7, 11) is 1.51. The third-order valence-electron chi connectivity index (χ3n) is 5.86. The van der Waals surface area contributed by atoms with E-state index >= 15 is 0 Å². The van der Waals surface area contributed by atoms with Gasteiger partial charge >= 0.3 is 5.97 Å². The first-order valence-corrected chi connectivity index (χ1v) is 9.58. The summed E-state index contributed by atoms with van der Waals surface area (Å²) in [6.07, 6.45) is 2.70. The van der Waals surface area contributed by atoms with E-state index in [-0.39, 0.29) is 18.4 Å². The Bertz CT molecular complexity index is 798. The molecule has 2 heterocycles. The summed E-state index contributed by atoms with van der Waals surface area (Å²) in [5.41, 5.74) is -0.643. The molecule has 0 aromatic heterocycles. The van der Waals surface area contributed by atoms with Crippen LogP contribution in [0.3, 0.4) is 0 Å². The smallest absolute Gasteiger partial charge is 0.328 e. The number of carboxylic acids is 1. The second-order valence-corrected chi connectivity index (χ2v) is 7.62. The van der Waals surface area contributed by atoms with Crippen molar-refractivity contribution in [3.05, 3.63) is 29.8 Å². The summed E-state index contributed by atoms with van der Waals surface area (Å²) < 4.78 is 11.1. The van der Waals surface area contributed by atoms with Gasteiger partial charge in [0.05, 0.1) is 13.7 Å². The Morgan fingerprint density at radius 2 is 1.93 bits per heavy atom. The molecule has 1 spiro atoms. The molecule has 3 fully saturated rings. The van der Waals surface area contributed by atoms with Gasteiger partial charge in [-0.25, -0.2) is 4.79 Å². The summed E-state index contributed by atoms with van der Waals surface area (Å²) >= 11 is 0. The molecule has 4 rings (SSSR count). The minimum atomic E-state index is -1.09. The maximum atomic E-state index is 13.3. The Kier molecular flexibility index (Phi) is 4.74. The van der Waals surface area contributed by atoms with Crippen LogP contribution < -0.4 is 4.74 Å². The summed E-state index contributed by atoms with van der Waals surface area (Å²) in [6.45, 7) is 0.870. The molecule has 2 saturated heterocycles. The van der Waals surface area contributed by atoms with Crippen LogP contribution in [0.5, 0.6) is 5.75 Å². The fourth-order valence-electron chi connectivity index (χ4n) is 4.12. The number of carboxylic acid groups (broad SMARTS) is 1. The van der Waals surface area contributed by atoms with Gasteiger partial charge in [0.2, 0.25) is 5.91 Å². The number of aliphatic carboxylic acids is 1. The molecule has 2 aliphatic heterocycles. The quantitative estimate of drug-likeness (QED) is 0.836. The number of ether oxygens (including phenoxy) is 2. The van der Waals surface area contributed by atoms with Gasteiger partial charge in [0.1, 0.15) is 11.5 Å². The summed E-state index contributed by atoms with van der Waals surface area (Å²) in [5.74, 6) is -0.666. The van der Waals surface area contributed by atoms with Gasteiger partial charge in [-0.1, -0.05) is 6.07 Å².